The molecule has 3 heteroatoms. The van der Waals surface area contributed by atoms with Crippen LogP contribution in [0.4, 0.5) is 5.69 Å². The normalized spacial score (nSPS) is 12.2. The third kappa shape index (κ3) is 4.57. The van der Waals surface area contributed by atoms with Gasteiger partial charge in [0, 0.05) is 11.7 Å². The molecule has 1 aromatic rings. The van der Waals surface area contributed by atoms with E-state index in [1.807, 2.05) is 24.3 Å². The molecule has 0 saturated carbocycles. The van der Waals surface area contributed by atoms with Crippen LogP contribution in [0.3, 0.4) is 0 Å². The summed E-state index contributed by atoms with van der Waals surface area (Å²) >= 11 is 0. The zero-order chi connectivity index (χ0) is 12.7. The van der Waals surface area contributed by atoms with Gasteiger partial charge in [0.15, 0.2) is 0 Å². The zero-order valence-corrected chi connectivity index (χ0v) is 10.9. The van der Waals surface area contributed by atoms with E-state index in [9.17, 15) is 4.79 Å². The highest BCUT2D eigenvalue weighted by molar-refractivity contribution is 5.92. The number of hydrogen-bond donors (Lipinski definition) is 2. The molecule has 94 valence electrons. The molecule has 0 aliphatic heterocycles. The Balaban J connectivity index is 2.50. The molecule has 0 fully saturated rings. The molecule has 0 heterocycles. The number of aryl methyl sites for hydroxylation is 1. The van der Waals surface area contributed by atoms with Crippen LogP contribution in [0, 0.1) is 0 Å². The first-order valence-corrected chi connectivity index (χ1v) is 6.28. The second-order valence-corrected chi connectivity index (χ2v) is 4.25. The van der Waals surface area contributed by atoms with Crippen molar-refractivity contribution in [3.8, 4) is 0 Å². The van der Waals surface area contributed by atoms with Gasteiger partial charge in [-0.1, -0.05) is 32.0 Å². The molecule has 1 rings (SSSR count). The molecule has 0 radical (unpaired) electrons. The zero-order valence-electron chi connectivity index (χ0n) is 10.9. The summed E-state index contributed by atoms with van der Waals surface area (Å²) in [5.41, 5.74) is 2.09. The van der Waals surface area contributed by atoms with E-state index in [0.717, 1.165) is 18.5 Å². The van der Waals surface area contributed by atoms with Crippen molar-refractivity contribution in [3.63, 3.8) is 0 Å². The summed E-state index contributed by atoms with van der Waals surface area (Å²) in [5.74, 6) is 0.0196. The fourth-order valence-corrected chi connectivity index (χ4v) is 1.56. The SMILES string of the molecule is CCc1ccccc1NC(=O)CNC(C)CC. The summed E-state index contributed by atoms with van der Waals surface area (Å²) < 4.78 is 0. The van der Waals surface area contributed by atoms with Crippen LogP contribution < -0.4 is 10.6 Å². The molecule has 0 aliphatic rings. The van der Waals surface area contributed by atoms with Crippen molar-refractivity contribution < 1.29 is 4.79 Å². The first kappa shape index (κ1) is 13.7. The number of hydrogen-bond acceptors (Lipinski definition) is 2. The maximum absolute atomic E-state index is 11.7. The van der Waals surface area contributed by atoms with Crippen molar-refractivity contribution in [2.45, 2.75) is 39.7 Å². The minimum Gasteiger partial charge on any atom is -0.325 e. The van der Waals surface area contributed by atoms with Crippen LogP contribution in [0.5, 0.6) is 0 Å². The highest BCUT2D eigenvalue weighted by Gasteiger charge is 2.06. The molecule has 17 heavy (non-hydrogen) atoms. The van der Waals surface area contributed by atoms with Crippen molar-refractivity contribution in [1.29, 1.82) is 0 Å². The lowest BCUT2D eigenvalue weighted by atomic mass is 10.1. The maximum atomic E-state index is 11.7. The Bertz CT molecular complexity index is 363. The Morgan fingerprint density at radius 2 is 2.00 bits per heavy atom. The lowest BCUT2D eigenvalue weighted by Gasteiger charge is -2.13. The van der Waals surface area contributed by atoms with Crippen LogP contribution in [0.1, 0.15) is 32.8 Å². The molecule has 0 bridgehead atoms. The number of carbonyl (C=O) groups excluding carboxylic acids is 1. The van der Waals surface area contributed by atoms with E-state index >= 15 is 0 Å². The molecular formula is C14H22N2O. The van der Waals surface area contributed by atoms with Crippen molar-refractivity contribution >= 4 is 11.6 Å². The Kier molecular flexibility index (Phi) is 5.70. The quantitative estimate of drug-likeness (QED) is 0.794. The lowest BCUT2D eigenvalue weighted by Crippen LogP contribution is -2.34. The smallest absolute Gasteiger partial charge is 0.238 e. The molecule has 3 nitrogen and oxygen atoms in total. The molecule has 0 aliphatic carbocycles. The fourth-order valence-electron chi connectivity index (χ4n) is 1.56. The van der Waals surface area contributed by atoms with Gasteiger partial charge < -0.3 is 10.6 Å². The predicted molar refractivity (Wildman–Crippen MR) is 72.2 cm³/mol. The molecule has 0 saturated heterocycles. The van der Waals surface area contributed by atoms with Gasteiger partial charge >= 0.3 is 0 Å². The summed E-state index contributed by atoms with van der Waals surface area (Å²) in [6.07, 6.45) is 1.95. The van der Waals surface area contributed by atoms with Gasteiger partial charge in [-0.25, -0.2) is 0 Å². The molecule has 0 aromatic heterocycles. The highest BCUT2D eigenvalue weighted by atomic mass is 16.1. The largest absolute Gasteiger partial charge is 0.325 e. The molecule has 1 aromatic carbocycles. The Morgan fingerprint density at radius 1 is 1.29 bits per heavy atom. The minimum absolute atomic E-state index is 0.0196. The van der Waals surface area contributed by atoms with Crippen molar-refractivity contribution in [3.05, 3.63) is 29.8 Å². The summed E-state index contributed by atoms with van der Waals surface area (Å²) in [5, 5.41) is 6.12. The molecule has 0 spiro atoms. The summed E-state index contributed by atoms with van der Waals surface area (Å²) in [6, 6.07) is 8.29. The minimum atomic E-state index is 0.0196. The van der Waals surface area contributed by atoms with Crippen molar-refractivity contribution in [2.75, 3.05) is 11.9 Å². The van der Waals surface area contributed by atoms with E-state index in [-0.39, 0.29) is 5.91 Å². The topological polar surface area (TPSA) is 41.1 Å². The third-order valence-electron chi connectivity index (χ3n) is 2.90. The van der Waals surface area contributed by atoms with Crippen LogP contribution in [0.2, 0.25) is 0 Å². The van der Waals surface area contributed by atoms with Gasteiger partial charge in [-0.2, -0.15) is 0 Å². The molecular weight excluding hydrogens is 212 g/mol. The van der Waals surface area contributed by atoms with E-state index in [1.165, 1.54) is 5.56 Å². The van der Waals surface area contributed by atoms with Crippen LogP contribution in [-0.2, 0) is 11.2 Å². The predicted octanol–water partition coefficient (Wildman–Crippen LogP) is 2.58. The lowest BCUT2D eigenvalue weighted by molar-refractivity contribution is -0.115. The van der Waals surface area contributed by atoms with Crippen LogP contribution in [0.25, 0.3) is 0 Å². The Morgan fingerprint density at radius 3 is 2.65 bits per heavy atom. The average molecular weight is 234 g/mol. The van der Waals surface area contributed by atoms with Gasteiger partial charge in [-0.3, -0.25) is 4.79 Å². The second-order valence-electron chi connectivity index (χ2n) is 4.25. The van der Waals surface area contributed by atoms with E-state index in [0.29, 0.717) is 12.6 Å². The number of nitrogens with one attached hydrogen (secondary N) is 2. The number of rotatable bonds is 6. The molecule has 1 unspecified atom stereocenters. The van der Waals surface area contributed by atoms with Gasteiger partial charge in [-0.05, 0) is 31.4 Å². The van der Waals surface area contributed by atoms with E-state index in [2.05, 4.69) is 31.4 Å². The second kappa shape index (κ2) is 7.07. The van der Waals surface area contributed by atoms with Gasteiger partial charge in [0.25, 0.3) is 0 Å². The highest BCUT2D eigenvalue weighted by Crippen LogP contribution is 2.14. The van der Waals surface area contributed by atoms with Gasteiger partial charge in [-0.15, -0.1) is 0 Å². The number of para-hydroxylation sites is 1. The van der Waals surface area contributed by atoms with E-state index in [4.69, 9.17) is 0 Å². The summed E-state index contributed by atoms with van der Waals surface area (Å²) in [6.45, 7) is 6.63. The Hall–Kier alpha value is -1.35. The summed E-state index contributed by atoms with van der Waals surface area (Å²) in [7, 11) is 0. The third-order valence-corrected chi connectivity index (χ3v) is 2.90. The molecule has 1 atom stereocenters. The molecule has 2 N–H and O–H groups in total. The van der Waals surface area contributed by atoms with Gasteiger partial charge in [0.1, 0.15) is 0 Å². The number of anilines is 1. The number of benzene rings is 1. The number of carbonyl (C=O) groups is 1. The fraction of sp³-hybridized carbons (Fsp3) is 0.500. The van der Waals surface area contributed by atoms with Crippen molar-refractivity contribution in [2.24, 2.45) is 0 Å². The van der Waals surface area contributed by atoms with Gasteiger partial charge in [0.2, 0.25) is 5.91 Å². The summed E-state index contributed by atoms with van der Waals surface area (Å²) in [4.78, 5) is 11.7. The van der Waals surface area contributed by atoms with E-state index in [1.54, 1.807) is 0 Å². The van der Waals surface area contributed by atoms with Crippen LogP contribution >= 0.6 is 0 Å². The first-order chi connectivity index (χ1) is 8.17. The maximum Gasteiger partial charge on any atom is 0.238 e. The Labute approximate surface area is 104 Å². The first-order valence-electron chi connectivity index (χ1n) is 6.28. The van der Waals surface area contributed by atoms with Crippen LogP contribution in [0.15, 0.2) is 24.3 Å². The van der Waals surface area contributed by atoms with Crippen molar-refractivity contribution in [1.82, 2.24) is 5.32 Å². The average Bonchev–Trinajstić information content (AvgIpc) is 2.36. The molecule has 1 amide bonds. The van der Waals surface area contributed by atoms with E-state index < -0.39 is 0 Å². The standard InChI is InChI=1S/C14H22N2O/c1-4-11(3)15-10-14(17)16-13-9-7-6-8-12(13)5-2/h6-9,11,15H,4-5,10H2,1-3H3,(H,16,17). The number of amides is 1. The van der Waals surface area contributed by atoms with Crippen LogP contribution in [-0.4, -0.2) is 18.5 Å². The monoisotopic (exact) mass is 234 g/mol. The van der Waals surface area contributed by atoms with Gasteiger partial charge in [0.05, 0.1) is 6.54 Å².